The molecule has 1 aromatic heterocycles. The van der Waals surface area contributed by atoms with Gasteiger partial charge >= 0.3 is 0 Å². The first-order valence-corrected chi connectivity index (χ1v) is 6.24. The van der Waals surface area contributed by atoms with Crippen LogP contribution in [-0.4, -0.2) is 11.1 Å². The van der Waals surface area contributed by atoms with Crippen LogP contribution in [-0.2, 0) is 11.3 Å². The van der Waals surface area contributed by atoms with Gasteiger partial charge in [-0.2, -0.15) is 5.26 Å². The fourth-order valence-electron chi connectivity index (χ4n) is 2.37. The van der Waals surface area contributed by atoms with Crippen LogP contribution in [0.15, 0.2) is 18.3 Å². The number of pyridine rings is 1. The van der Waals surface area contributed by atoms with Crippen molar-refractivity contribution < 1.29 is 4.74 Å². The summed E-state index contributed by atoms with van der Waals surface area (Å²) in [7, 11) is 0. The zero-order valence-electron chi connectivity index (χ0n) is 10.2. The van der Waals surface area contributed by atoms with Gasteiger partial charge in [0.15, 0.2) is 0 Å². The Labute approximate surface area is 102 Å². The Bertz CT molecular complexity index is 411. The van der Waals surface area contributed by atoms with E-state index in [4.69, 9.17) is 10.00 Å². The number of aromatic nitrogens is 1. The number of nitriles is 1. The zero-order valence-corrected chi connectivity index (χ0v) is 10.2. The van der Waals surface area contributed by atoms with Crippen LogP contribution in [0.5, 0.6) is 0 Å². The highest BCUT2D eigenvalue weighted by Gasteiger charge is 2.19. The zero-order chi connectivity index (χ0) is 12.1. The van der Waals surface area contributed by atoms with Gasteiger partial charge in [0.1, 0.15) is 11.8 Å². The molecule has 3 heteroatoms. The maximum Gasteiger partial charge on any atom is 0.140 e. The van der Waals surface area contributed by atoms with E-state index in [1.54, 1.807) is 12.3 Å². The Kier molecular flexibility index (Phi) is 4.11. The van der Waals surface area contributed by atoms with Crippen molar-refractivity contribution in [1.29, 1.82) is 5.26 Å². The second kappa shape index (κ2) is 5.79. The first-order valence-electron chi connectivity index (χ1n) is 6.24. The molecule has 0 aliphatic heterocycles. The van der Waals surface area contributed by atoms with Gasteiger partial charge in [-0.25, -0.2) is 4.98 Å². The molecule has 0 bridgehead atoms. The van der Waals surface area contributed by atoms with Crippen molar-refractivity contribution in [2.24, 2.45) is 5.92 Å². The van der Waals surface area contributed by atoms with Gasteiger partial charge in [0, 0.05) is 6.20 Å². The summed E-state index contributed by atoms with van der Waals surface area (Å²) in [6.07, 6.45) is 6.98. The SMILES string of the molecule is CC1CCCC(OCc2ccnc(C#N)c2)C1. The largest absolute Gasteiger partial charge is 0.374 e. The normalized spacial score (nSPS) is 24.2. The molecule has 0 radical (unpaired) electrons. The molecule has 1 aliphatic rings. The van der Waals surface area contributed by atoms with Crippen LogP contribution in [0.3, 0.4) is 0 Å². The van der Waals surface area contributed by atoms with Crippen LogP contribution in [0.4, 0.5) is 0 Å². The number of nitrogens with zero attached hydrogens (tertiary/aromatic N) is 2. The Morgan fingerprint density at radius 3 is 3.18 bits per heavy atom. The fraction of sp³-hybridized carbons (Fsp3) is 0.571. The van der Waals surface area contributed by atoms with Crippen LogP contribution >= 0.6 is 0 Å². The average Bonchev–Trinajstić information content (AvgIpc) is 2.37. The molecule has 2 rings (SSSR count). The summed E-state index contributed by atoms with van der Waals surface area (Å²) in [5.74, 6) is 0.779. The first-order chi connectivity index (χ1) is 8.28. The van der Waals surface area contributed by atoms with Crippen molar-refractivity contribution in [3.63, 3.8) is 0 Å². The molecular weight excluding hydrogens is 212 g/mol. The van der Waals surface area contributed by atoms with Gasteiger partial charge in [0.2, 0.25) is 0 Å². The Morgan fingerprint density at radius 2 is 2.41 bits per heavy atom. The van der Waals surface area contributed by atoms with Gasteiger partial charge in [-0.1, -0.05) is 19.8 Å². The molecule has 1 saturated carbocycles. The molecule has 2 unspecified atom stereocenters. The Balaban J connectivity index is 1.87. The Morgan fingerprint density at radius 1 is 1.53 bits per heavy atom. The van der Waals surface area contributed by atoms with E-state index in [0.29, 0.717) is 18.4 Å². The van der Waals surface area contributed by atoms with Crippen molar-refractivity contribution in [1.82, 2.24) is 4.98 Å². The highest BCUT2D eigenvalue weighted by Crippen LogP contribution is 2.26. The monoisotopic (exact) mass is 230 g/mol. The standard InChI is InChI=1S/C14H18N2O/c1-11-3-2-4-14(7-11)17-10-12-5-6-16-13(8-12)9-15/h5-6,8,11,14H,2-4,7,10H2,1H3. The molecule has 0 N–H and O–H groups in total. The van der Waals surface area contributed by atoms with Gasteiger partial charge in [0.25, 0.3) is 0 Å². The molecule has 90 valence electrons. The van der Waals surface area contributed by atoms with Crippen LogP contribution in [0.1, 0.15) is 43.9 Å². The third kappa shape index (κ3) is 3.54. The van der Waals surface area contributed by atoms with Crippen molar-refractivity contribution in [3.05, 3.63) is 29.6 Å². The van der Waals surface area contributed by atoms with E-state index in [9.17, 15) is 0 Å². The summed E-state index contributed by atoms with van der Waals surface area (Å²) < 4.78 is 5.90. The Hall–Kier alpha value is -1.40. The van der Waals surface area contributed by atoms with Crippen molar-refractivity contribution >= 4 is 0 Å². The third-order valence-corrected chi connectivity index (χ3v) is 3.31. The minimum absolute atomic E-state index is 0.387. The highest BCUT2D eigenvalue weighted by atomic mass is 16.5. The van der Waals surface area contributed by atoms with Crippen LogP contribution in [0.25, 0.3) is 0 Å². The van der Waals surface area contributed by atoms with Gasteiger partial charge < -0.3 is 4.74 Å². The fourth-order valence-corrected chi connectivity index (χ4v) is 2.37. The predicted molar refractivity (Wildman–Crippen MR) is 65.2 cm³/mol. The number of rotatable bonds is 3. The lowest BCUT2D eigenvalue weighted by Crippen LogP contribution is -2.21. The van der Waals surface area contributed by atoms with E-state index >= 15 is 0 Å². The molecule has 3 nitrogen and oxygen atoms in total. The summed E-state index contributed by atoms with van der Waals surface area (Å²) in [6, 6.07) is 5.75. The number of hydrogen-bond donors (Lipinski definition) is 0. The minimum Gasteiger partial charge on any atom is -0.374 e. The summed E-state index contributed by atoms with van der Waals surface area (Å²) >= 11 is 0. The molecule has 1 heterocycles. The van der Waals surface area contributed by atoms with E-state index in [2.05, 4.69) is 11.9 Å². The summed E-state index contributed by atoms with van der Waals surface area (Å²) in [5, 5.41) is 8.76. The maximum atomic E-state index is 8.76. The summed E-state index contributed by atoms with van der Waals surface area (Å²) in [4.78, 5) is 3.95. The molecule has 17 heavy (non-hydrogen) atoms. The predicted octanol–water partition coefficient (Wildman–Crippen LogP) is 3.05. The summed E-state index contributed by atoms with van der Waals surface area (Å²) in [5.41, 5.74) is 1.50. The second-order valence-electron chi connectivity index (χ2n) is 4.87. The summed E-state index contributed by atoms with van der Waals surface area (Å²) in [6.45, 7) is 2.88. The minimum atomic E-state index is 0.387. The average molecular weight is 230 g/mol. The van der Waals surface area contributed by atoms with E-state index in [-0.39, 0.29) is 0 Å². The van der Waals surface area contributed by atoms with Crippen LogP contribution in [0, 0.1) is 17.2 Å². The van der Waals surface area contributed by atoms with Gasteiger partial charge in [-0.05, 0) is 36.5 Å². The quantitative estimate of drug-likeness (QED) is 0.801. The molecule has 0 aromatic carbocycles. The number of ether oxygens (including phenoxy) is 1. The molecule has 2 atom stereocenters. The van der Waals surface area contributed by atoms with Crippen molar-refractivity contribution in [3.8, 4) is 6.07 Å². The molecular formula is C14H18N2O. The molecule has 1 aliphatic carbocycles. The maximum absolute atomic E-state index is 8.76. The van der Waals surface area contributed by atoms with Crippen LogP contribution in [0.2, 0.25) is 0 Å². The first kappa shape index (κ1) is 12.1. The third-order valence-electron chi connectivity index (χ3n) is 3.31. The van der Waals surface area contributed by atoms with Crippen LogP contribution < -0.4 is 0 Å². The smallest absolute Gasteiger partial charge is 0.140 e. The van der Waals surface area contributed by atoms with E-state index in [1.165, 1.54) is 19.3 Å². The molecule has 0 saturated heterocycles. The van der Waals surface area contributed by atoms with Gasteiger partial charge in [0.05, 0.1) is 12.7 Å². The van der Waals surface area contributed by atoms with E-state index in [1.807, 2.05) is 12.1 Å². The lowest BCUT2D eigenvalue weighted by atomic mass is 9.89. The topological polar surface area (TPSA) is 45.9 Å². The van der Waals surface area contributed by atoms with Gasteiger partial charge in [-0.15, -0.1) is 0 Å². The molecule has 1 fully saturated rings. The lowest BCUT2D eigenvalue weighted by Gasteiger charge is -2.26. The highest BCUT2D eigenvalue weighted by molar-refractivity contribution is 5.24. The second-order valence-corrected chi connectivity index (χ2v) is 4.87. The van der Waals surface area contributed by atoms with E-state index in [0.717, 1.165) is 17.9 Å². The molecule has 0 spiro atoms. The van der Waals surface area contributed by atoms with Gasteiger partial charge in [-0.3, -0.25) is 0 Å². The number of hydrogen-bond acceptors (Lipinski definition) is 3. The lowest BCUT2D eigenvalue weighted by molar-refractivity contribution is 0.00463. The van der Waals surface area contributed by atoms with Crippen molar-refractivity contribution in [2.75, 3.05) is 0 Å². The molecule has 0 amide bonds. The van der Waals surface area contributed by atoms with E-state index < -0.39 is 0 Å². The van der Waals surface area contributed by atoms with Crippen molar-refractivity contribution in [2.45, 2.75) is 45.3 Å². The molecule has 1 aromatic rings.